The van der Waals surface area contributed by atoms with Crippen molar-refractivity contribution in [1.82, 2.24) is 4.90 Å². The topological polar surface area (TPSA) is 23.5 Å². The van der Waals surface area contributed by atoms with Crippen LogP contribution in [0.4, 0.5) is 0 Å². The minimum Gasteiger partial charge on any atom is -0.395 e. The SMILES string of the molecule is CN1CCCC1CO.[W]. The number of likely N-dealkylation sites (N-methyl/N-ethyl adjacent to an activating group) is 1. The van der Waals surface area contributed by atoms with Gasteiger partial charge in [0.25, 0.3) is 0 Å². The summed E-state index contributed by atoms with van der Waals surface area (Å²) < 4.78 is 0. The van der Waals surface area contributed by atoms with Crippen molar-refractivity contribution in [3.8, 4) is 0 Å². The molecule has 0 aliphatic carbocycles. The van der Waals surface area contributed by atoms with Gasteiger partial charge in [-0.05, 0) is 26.4 Å². The van der Waals surface area contributed by atoms with Crippen molar-refractivity contribution in [2.24, 2.45) is 0 Å². The molecule has 9 heavy (non-hydrogen) atoms. The van der Waals surface area contributed by atoms with Crippen molar-refractivity contribution in [2.45, 2.75) is 18.9 Å². The summed E-state index contributed by atoms with van der Waals surface area (Å²) in [4.78, 5) is 2.21. The van der Waals surface area contributed by atoms with E-state index >= 15 is 0 Å². The maximum Gasteiger partial charge on any atom is 0.0586 e. The van der Waals surface area contributed by atoms with Gasteiger partial charge in [0.05, 0.1) is 6.61 Å². The quantitative estimate of drug-likeness (QED) is 0.741. The molecular weight excluding hydrogens is 286 g/mol. The molecule has 0 aromatic carbocycles. The molecule has 1 fully saturated rings. The molecule has 0 spiro atoms. The molecule has 54 valence electrons. The van der Waals surface area contributed by atoms with Gasteiger partial charge in [0, 0.05) is 27.1 Å². The largest absolute Gasteiger partial charge is 0.395 e. The summed E-state index contributed by atoms with van der Waals surface area (Å²) in [7, 11) is 2.06. The Balaban J connectivity index is 0.000000640. The number of nitrogens with zero attached hydrogens (tertiary/aromatic N) is 1. The van der Waals surface area contributed by atoms with Crippen LogP contribution < -0.4 is 0 Å². The third-order valence-electron chi connectivity index (χ3n) is 1.88. The van der Waals surface area contributed by atoms with Crippen molar-refractivity contribution in [3.05, 3.63) is 0 Å². The summed E-state index contributed by atoms with van der Waals surface area (Å²) in [6.45, 7) is 1.49. The number of aliphatic hydroxyl groups is 1. The van der Waals surface area contributed by atoms with E-state index in [9.17, 15) is 0 Å². The zero-order chi connectivity index (χ0) is 5.98. The first-order valence-electron chi connectivity index (χ1n) is 3.15. The van der Waals surface area contributed by atoms with Crippen molar-refractivity contribution in [1.29, 1.82) is 0 Å². The summed E-state index contributed by atoms with van der Waals surface area (Å²) in [6, 6.07) is 0.454. The molecule has 1 aliphatic heterocycles. The molecule has 1 aliphatic rings. The standard InChI is InChI=1S/C6H13NO.W/c1-7-4-2-3-6(7)5-8;/h6,8H,2-5H2,1H3;. The second-order valence-electron chi connectivity index (χ2n) is 2.46. The van der Waals surface area contributed by atoms with E-state index in [4.69, 9.17) is 5.11 Å². The predicted octanol–water partition coefficient (Wildman–Crippen LogP) is 0.0704. The summed E-state index contributed by atoms with van der Waals surface area (Å²) in [6.07, 6.45) is 2.43. The first-order valence-corrected chi connectivity index (χ1v) is 3.15. The minimum atomic E-state index is 0. The van der Waals surface area contributed by atoms with Gasteiger partial charge in [-0.25, -0.2) is 0 Å². The van der Waals surface area contributed by atoms with Gasteiger partial charge in [-0.2, -0.15) is 0 Å². The molecule has 1 atom stereocenters. The van der Waals surface area contributed by atoms with Crippen LogP contribution in [0.2, 0.25) is 0 Å². The van der Waals surface area contributed by atoms with Crippen LogP contribution in [-0.4, -0.2) is 36.2 Å². The van der Waals surface area contributed by atoms with Gasteiger partial charge in [-0.15, -0.1) is 0 Å². The Hall–Kier alpha value is 0.608. The molecule has 1 N–H and O–H groups in total. The molecule has 0 aromatic rings. The molecule has 3 heteroatoms. The van der Waals surface area contributed by atoms with Crippen LogP contribution in [-0.2, 0) is 21.1 Å². The fourth-order valence-electron chi connectivity index (χ4n) is 1.21. The van der Waals surface area contributed by atoms with Crippen LogP contribution in [0.15, 0.2) is 0 Å². The van der Waals surface area contributed by atoms with Gasteiger partial charge in [0.2, 0.25) is 0 Å². The second-order valence-corrected chi connectivity index (χ2v) is 2.46. The predicted molar refractivity (Wildman–Crippen MR) is 32.7 cm³/mol. The van der Waals surface area contributed by atoms with Gasteiger partial charge in [0.1, 0.15) is 0 Å². The number of rotatable bonds is 1. The minimum absolute atomic E-state index is 0. The average Bonchev–Trinajstić information content (AvgIpc) is 2.14. The van der Waals surface area contributed by atoms with E-state index in [1.807, 2.05) is 0 Å². The maximum absolute atomic E-state index is 8.69. The summed E-state index contributed by atoms with van der Waals surface area (Å²) in [5.41, 5.74) is 0. The van der Waals surface area contributed by atoms with E-state index in [1.54, 1.807) is 0 Å². The molecule has 0 bridgehead atoms. The molecule has 0 amide bonds. The van der Waals surface area contributed by atoms with Crippen molar-refractivity contribution in [2.75, 3.05) is 20.2 Å². The number of hydrogen-bond donors (Lipinski definition) is 1. The third-order valence-corrected chi connectivity index (χ3v) is 1.88. The number of hydrogen-bond acceptors (Lipinski definition) is 2. The van der Waals surface area contributed by atoms with E-state index in [2.05, 4.69) is 11.9 Å². The Labute approximate surface area is 70.5 Å². The molecule has 2 nitrogen and oxygen atoms in total. The van der Waals surface area contributed by atoms with E-state index in [1.165, 1.54) is 12.8 Å². The van der Waals surface area contributed by atoms with Crippen LogP contribution in [0.5, 0.6) is 0 Å². The zero-order valence-corrected chi connectivity index (χ0v) is 8.64. The third kappa shape index (κ3) is 2.36. The van der Waals surface area contributed by atoms with E-state index < -0.39 is 0 Å². The Morgan fingerprint density at radius 1 is 1.67 bits per heavy atom. The normalized spacial score (nSPS) is 28.0. The maximum atomic E-state index is 8.69. The van der Waals surface area contributed by atoms with Crippen LogP contribution in [0.1, 0.15) is 12.8 Å². The second kappa shape index (κ2) is 4.43. The van der Waals surface area contributed by atoms with Gasteiger partial charge >= 0.3 is 0 Å². The fraction of sp³-hybridized carbons (Fsp3) is 1.00. The molecule has 0 saturated carbocycles. The van der Waals surface area contributed by atoms with Crippen LogP contribution in [0.25, 0.3) is 0 Å². The molecule has 1 unspecified atom stereocenters. The molecule has 1 rings (SSSR count). The zero-order valence-electron chi connectivity index (χ0n) is 5.71. The van der Waals surface area contributed by atoms with E-state index in [0.717, 1.165) is 6.54 Å². The first kappa shape index (κ1) is 9.61. The van der Waals surface area contributed by atoms with Crippen LogP contribution in [0.3, 0.4) is 0 Å². The van der Waals surface area contributed by atoms with E-state index in [0.29, 0.717) is 12.6 Å². The number of likely N-dealkylation sites (tertiary alicyclic amines) is 1. The Bertz CT molecular complexity index is 79.5. The fourth-order valence-corrected chi connectivity index (χ4v) is 1.21. The molecular formula is C6H13NOW. The number of aliphatic hydroxyl groups excluding tert-OH is 1. The van der Waals surface area contributed by atoms with Gasteiger partial charge in [0.15, 0.2) is 0 Å². The van der Waals surface area contributed by atoms with Crippen molar-refractivity contribution < 1.29 is 26.2 Å². The van der Waals surface area contributed by atoms with E-state index in [-0.39, 0.29) is 21.1 Å². The monoisotopic (exact) mass is 299 g/mol. The Morgan fingerprint density at radius 2 is 2.33 bits per heavy atom. The van der Waals surface area contributed by atoms with Crippen molar-refractivity contribution >= 4 is 0 Å². The van der Waals surface area contributed by atoms with Gasteiger partial charge in [-0.3, -0.25) is 0 Å². The summed E-state index contributed by atoms with van der Waals surface area (Å²) in [5.74, 6) is 0. The molecule has 0 radical (unpaired) electrons. The Kier molecular flexibility index (Phi) is 4.73. The molecule has 0 aromatic heterocycles. The molecule has 1 heterocycles. The first-order chi connectivity index (χ1) is 3.84. The van der Waals surface area contributed by atoms with Gasteiger partial charge in [-0.1, -0.05) is 0 Å². The van der Waals surface area contributed by atoms with Gasteiger partial charge < -0.3 is 10.0 Å². The van der Waals surface area contributed by atoms with Crippen molar-refractivity contribution in [3.63, 3.8) is 0 Å². The van der Waals surface area contributed by atoms with Crippen LogP contribution >= 0.6 is 0 Å². The average molecular weight is 299 g/mol. The smallest absolute Gasteiger partial charge is 0.0586 e. The summed E-state index contributed by atoms with van der Waals surface area (Å²) in [5, 5.41) is 8.69. The summed E-state index contributed by atoms with van der Waals surface area (Å²) >= 11 is 0. The van der Waals surface area contributed by atoms with Crippen LogP contribution in [0, 0.1) is 0 Å². The Morgan fingerprint density at radius 3 is 2.56 bits per heavy atom. The molecule has 1 saturated heterocycles.